The first-order valence-corrected chi connectivity index (χ1v) is 6.89. The number of rotatable bonds is 7. The van der Waals surface area contributed by atoms with Crippen molar-refractivity contribution in [2.24, 2.45) is 5.73 Å². The van der Waals surface area contributed by atoms with Crippen LogP contribution in [-0.2, 0) is 24.3 Å². The van der Waals surface area contributed by atoms with Crippen LogP contribution in [0.2, 0.25) is 0 Å². The van der Waals surface area contributed by atoms with Crippen LogP contribution >= 0.6 is 0 Å². The first-order chi connectivity index (χ1) is 9.81. The minimum absolute atomic E-state index is 0.216. The summed E-state index contributed by atoms with van der Waals surface area (Å²) in [6.45, 7) is 1.14. The van der Waals surface area contributed by atoms with Gasteiger partial charge in [0.05, 0.1) is 6.61 Å². The number of hydrogen-bond donors (Lipinski definition) is 1. The molecule has 0 bridgehead atoms. The van der Waals surface area contributed by atoms with E-state index < -0.39 is 0 Å². The third kappa shape index (κ3) is 4.15. The zero-order valence-electron chi connectivity index (χ0n) is 11.5. The summed E-state index contributed by atoms with van der Waals surface area (Å²) in [5, 5.41) is 0. The third-order valence-electron chi connectivity index (χ3n) is 3.23. The molecule has 0 fully saturated rings. The van der Waals surface area contributed by atoms with Crippen molar-refractivity contribution < 1.29 is 9.13 Å². The molecule has 0 radical (unpaired) electrons. The fourth-order valence-electron chi connectivity index (χ4n) is 2.11. The Morgan fingerprint density at radius 2 is 1.70 bits per heavy atom. The molecule has 0 aliphatic heterocycles. The van der Waals surface area contributed by atoms with Crippen LogP contribution in [0, 0.1) is 5.82 Å². The standard InChI is InChI=1S/C17H20FNO/c18-17-15(12-19)9-4-10-16(17)13-20-11-5-8-14-6-2-1-3-7-14/h1-4,6-7,9-10H,5,8,11-13,19H2. The van der Waals surface area contributed by atoms with Crippen molar-refractivity contribution in [3.05, 3.63) is 71.0 Å². The van der Waals surface area contributed by atoms with E-state index >= 15 is 0 Å². The predicted molar refractivity (Wildman–Crippen MR) is 78.7 cm³/mol. The van der Waals surface area contributed by atoms with Gasteiger partial charge in [-0.2, -0.15) is 0 Å². The molecule has 106 valence electrons. The molecule has 3 heteroatoms. The van der Waals surface area contributed by atoms with E-state index in [1.165, 1.54) is 5.56 Å². The summed E-state index contributed by atoms with van der Waals surface area (Å²) >= 11 is 0. The number of halogens is 1. The van der Waals surface area contributed by atoms with Crippen molar-refractivity contribution >= 4 is 0 Å². The van der Waals surface area contributed by atoms with Crippen LogP contribution in [0.4, 0.5) is 4.39 Å². The molecular weight excluding hydrogens is 253 g/mol. The van der Waals surface area contributed by atoms with Crippen LogP contribution < -0.4 is 5.73 Å². The zero-order valence-corrected chi connectivity index (χ0v) is 11.5. The summed E-state index contributed by atoms with van der Waals surface area (Å²) in [5.41, 5.74) is 7.89. The van der Waals surface area contributed by atoms with Crippen molar-refractivity contribution in [3.63, 3.8) is 0 Å². The van der Waals surface area contributed by atoms with E-state index in [4.69, 9.17) is 10.5 Å². The lowest BCUT2D eigenvalue weighted by Gasteiger charge is -2.08. The van der Waals surface area contributed by atoms with Crippen LogP contribution in [0.25, 0.3) is 0 Å². The van der Waals surface area contributed by atoms with Gasteiger partial charge in [-0.25, -0.2) is 4.39 Å². The van der Waals surface area contributed by atoms with Crippen molar-refractivity contribution in [1.82, 2.24) is 0 Å². The van der Waals surface area contributed by atoms with Gasteiger partial charge in [-0.1, -0.05) is 48.5 Å². The van der Waals surface area contributed by atoms with E-state index in [0.29, 0.717) is 24.3 Å². The van der Waals surface area contributed by atoms with Gasteiger partial charge in [0.15, 0.2) is 0 Å². The molecule has 2 rings (SSSR count). The Morgan fingerprint density at radius 3 is 2.45 bits per heavy atom. The van der Waals surface area contributed by atoms with Crippen molar-refractivity contribution in [2.75, 3.05) is 6.61 Å². The molecule has 0 aliphatic carbocycles. The highest BCUT2D eigenvalue weighted by Gasteiger charge is 2.06. The SMILES string of the molecule is NCc1cccc(COCCCc2ccccc2)c1F. The number of benzene rings is 2. The van der Waals surface area contributed by atoms with Crippen LogP contribution in [0.3, 0.4) is 0 Å². The predicted octanol–water partition coefficient (Wildman–Crippen LogP) is 3.43. The minimum Gasteiger partial charge on any atom is -0.377 e. The monoisotopic (exact) mass is 273 g/mol. The largest absolute Gasteiger partial charge is 0.377 e. The fourth-order valence-corrected chi connectivity index (χ4v) is 2.11. The van der Waals surface area contributed by atoms with Gasteiger partial charge in [-0.05, 0) is 18.4 Å². The highest BCUT2D eigenvalue weighted by molar-refractivity contribution is 5.25. The topological polar surface area (TPSA) is 35.2 Å². The summed E-state index contributed by atoms with van der Waals surface area (Å²) in [4.78, 5) is 0. The summed E-state index contributed by atoms with van der Waals surface area (Å²) in [7, 11) is 0. The molecule has 2 N–H and O–H groups in total. The quantitative estimate of drug-likeness (QED) is 0.784. The van der Waals surface area contributed by atoms with Gasteiger partial charge in [-0.3, -0.25) is 0 Å². The van der Waals surface area contributed by atoms with Crippen LogP contribution in [0.1, 0.15) is 23.1 Å². The zero-order chi connectivity index (χ0) is 14.2. The number of ether oxygens (including phenoxy) is 1. The average Bonchev–Trinajstić information content (AvgIpc) is 2.49. The van der Waals surface area contributed by atoms with Gasteiger partial charge in [-0.15, -0.1) is 0 Å². The maximum atomic E-state index is 13.9. The highest BCUT2D eigenvalue weighted by atomic mass is 19.1. The van der Waals surface area contributed by atoms with Crippen LogP contribution in [0.15, 0.2) is 48.5 Å². The Morgan fingerprint density at radius 1 is 0.950 bits per heavy atom. The van der Waals surface area contributed by atoms with E-state index in [2.05, 4.69) is 12.1 Å². The second-order valence-corrected chi connectivity index (χ2v) is 4.74. The summed E-state index contributed by atoms with van der Waals surface area (Å²) < 4.78 is 19.4. The van der Waals surface area contributed by atoms with E-state index in [1.54, 1.807) is 12.1 Å². The highest BCUT2D eigenvalue weighted by Crippen LogP contribution is 2.13. The van der Waals surface area contributed by atoms with Gasteiger partial charge >= 0.3 is 0 Å². The lowest BCUT2D eigenvalue weighted by molar-refractivity contribution is 0.116. The van der Waals surface area contributed by atoms with Crippen molar-refractivity contribution in [3.8, 4) is 0 Å². The molecule has 0 aromatic heterocycles. The van der Waals surface area contributed by atoms with Crippen LogP contribution in [-0.4, -0.2) is 6.61 Å². The molecule has 0 saturated carbocycles. The number of nitrogens with two attached hydrogens (primary N) is 1. The smallest absolute Gasteiger partial charge is 0.133 e. The molecule has 0 amide bonds. The first-order valence-electron chi connectivity index (χ1n) is 6.89. The second kappa shape index (κ2) is 7.78. The Bertz CT molecular complexity index is 528. The Kier molecular flexibility index (Phi) is 5.71. The maximum Gasteiger partial charge on any atom is 0.133 e. The normalized spacial score (nSPS) is 10.7. The summed E-state index contributed by atoms with van der Waals surface area (Å²) in [6.07, 6.45) is 1.91. The Balaban J connectivity index is 1.74. The van der Waals surface area contributed by atoms with Gasteiger partial charge in [0.25, 0.3) is 0 Å². The molecule has 0 spiro atoms. The summed E-state index contributed by atoms with van der Waals surface area (Å²) in [6, 6.07) is 15.5. The lowest BCUT2D eigenvalue weighted by Crippen LogP contribution is -2.04. The molecule has 0 unspecified atom stereocenters. The molecular formula is C17H20FNO. The number of aryl methyl sites for hydroxylation is 1. The Hall–Kier alpha value is -1.71. The van der Waals surface area contributed by atoms with E-state index in [-0.39, 0.29) is 12.4 Å². The van der Waals surface area contributed by atoms with Gasteiger partial charge in [0.2, 0.25) is 0 Å². The second-order valence-electron chi connectivity index (χ2n) is 4.74. The average molecular weight is 273 g/mol. The fraction of sp³-hybridized carbons (Fsp3) is 0.294. The molecule has 0 heterocycles. The third-order valence-corrected chi connectivity index (χ3v) is 3.23. The molecule has 0 saturated heterocycles. The first kappa shape index (κ1) is 14.7. The maximum absolute atomic E-state index is 13.9. The van der Waals surface area contributed by atoms with E-state index in [0.717, 1.165) is 12.8 Å². The van der Waals surface area contributed by atoms with E-state index in [9.17, 15) is 4.39 Å². The lowest BCUT2D eigenvalue weighted by atomic mass is 10.1. The molecule has 2 nitrogen and oxygen atoms in total. The van der Waals surface area contributed by atoms with Crippen molar-refractivity contribution in [2.45, 2.75) is 26.0 Å². The molecule has 0 atom stereocenters. The van der Waals surface area contributed by atoms with E-state index in [1.807, 2.05) is 24.3 Å². The van der Waals surface area contributed by atoms with Gasteiger partial charge in [0, 0.05) is 24.3 Å². The van der Waals surface area contributed by atoms with Crippen LogP contribution in [0.5, 0.6) is 0 Å². The molecule has 2 aromatic rings. The van der Waals surface area contributed by atoms with Gasteiger partial charge in [0.1, 0.15) is 5.82 Å². The van der Waals surface area contributed by atoms with Gasteiger partial charge < -0.3 is 10.5 Å². The summed E-state index contributed by atoms with van der Waals surface area (Å²) in [5.74, 6) is -0.238. The molecule has 0 aliphatic rings. The minimum atomic E-state index is -0.238. The van der Waals surface area contributed by atoms with Crippen molar-refractivity contribution in [1.29, 1.82) is 0 Å². The Labute approximate surface area is 119 Å². The number of hydrogen-bond acceptors (Lipinski definition) is 2. The molecule has 2 aromatic carbocycles. The molecule has 20 heavy (non-hydrogen) atoms.